The highest BCUT2D eigenvalue weighted by atomic mass is 35.5. The molecule has 7 N–H and O–H groups in total. The number of nitrogens with zero attached hydrogens (tertiary/aromatic N) is 4. The molecule has 3 heterocycles. The Morgan fingerprint density at radius 1 is 1.26 bits per heavy atom. The number of nitrogens with two attached hydrogens (primary N) is 1. The van der Waals surface area contributed by atoms with Gasteiger partial charge in [0.25, 0.3) is 0 Å². The summed E-state index contributed by atoms with van der Waals surface area (Å²) in [5.41, 5.74) is 6.32. The van der Waals surface area contributed by atoms with Gasteiger partial charge < -0.3 is 35.2 Å². The van der Waals surface area contributed by atoms with Crippen molar-refractivity contribution in [2.45, 2.75) is 29.7 Å². The van der Waals surface area contributed by atoms with Crippen LogP contribution in [-0.4, -0.2) is 67.9 Å². The minimum absolute atomic E-state index is 0.000432. The van der Waals surface area contributed by atoms with Crippen LogP contribution >= 0.6 is 34.6 Å². The molecule has 174 valence electrons. The first-order chi connectivity index (χ1) is 14.2. The Bertz CT molecular complexity index is 1110. The summed E-state index contributed by atoms with van der Waals surface area (Å²) in [5.74, 6) is 0.127. The van der Waals surface area contributed by atoms with Crippen molar-refractivity contribution in [3.8, 4) is 0 Å². The van der Waals surface area contributed by atoms with Crippen molar-refractivity contribution in [2.75, 3.05) is 12.3 Å². The molecule has 1 fully saturated rings. The number of aliphatic hydroxyl groups excluding tert-OH is 1. The van der Waals surface area contributed by atoms with Gasteiger partial charge in [-0.15, -0.1) is 0 Å². The van der Waals surface area contributed by atoms with Crippen LogP contribution in [0.3, 0.4) is 0 Å². The molecule has 0 aliphatic carbocycles. The molecule has 31 heavy (non-hydrogen) atoms. The summed E-state index contributed by atoms with van der Waals surface area (Å²) in [5, 5.41) is 10.2. The number of fused-ring (bicyclic) bond motifs is 1. The van der Waals surface area contributed by atoms with Crippen LogP contribution < -0.4 is 5.73 Å². The second-order valence-electron chi connectivity index (χ2n) is 6.33. The van der Waals surface area contributed by atoms with Crippen molar-refractivity contribution in [1.82, 2.24) is 19.5 Å². The van der Waals surface area contributed by atoms with E-state index in [9.17, 15) is 28.6 Å². The van der Waals surface area contributed by atoms with Gasteiger partial charge in [-0.2, -0.15) is 0 Å². The SMILES string of the molecule is Nc1ncnc2c1ncn2[C@H]1C[C@H](O)[C@@H](COP(=O)(O)OP(=O)(O)[C@H](Cl)P(=O)(O)O)O1. The van der Waals surface area contributed by atoms with Crippen molar-refractivity contribution < 1.29 is 51.9 Å². The third kappa shape index (κ3) is 5.50. The molecule has 1 aliphatic heterocycles. The van der Waals surface area contributed by atoms with Crippen molar-refractivity contribution >= 4 is 51.6 Å². The predicted octanol–water partition coefficient (Wildman–Crippen LogP) is 0.0760. The summed E-state index contributed by atoms with van der Waals surface area (Å²) in [7, 11) is -16.1. The van der Waals surface area contributed by atoms with E-state index in [1.165, 1.54) is 17.2 Å². The molecular weight excluding hydrogens is 507 g/mol. The fourth-order valence-electron chi connectivity index (χ4n) is 2.68. The molecule has 2 aromatic rings. The third-order valence-electron chi connectivity index (χ3n) is 4.07. The number of phosphoric acid groups is 1. The van der Waals surface area contributed by atoms with E-state index in [1.54, 1.807) is 0 Å². The smallest absolute Gasteiger partial charge is 0.390 e. The van der Waals surface area contributed by atoms with E-state index in [4.69, 9.17) is 31.9 Å². The molecule has 0 aromatic carbocycles. The number of imidazole rings is 1. The monoisotopic (exact) mass is 523 g/mol. The van der Waals surface area contributed by atoms with Crippen molar-refractivity contribution in [3.63, 3.8) is 0 Å². The number of phosphoric ester groups is 1. The van der Waals surface area contributed by atoms with Gasteiger partial charge in [0, 0.05) is 6.42 Å². The maximum absolute atomic E-state index is 11.9. The molecule has 20 heteroatoms. The molecule has 0 saturated carbocycles. The Morgan fingerprint density at radius 3 is 2.58 bits per heavy atom. The Morgan fingerprint density at radius 2 is 1.94 bits per heavy atom. The molecule has 2 aromatic heterocycles. The minimum Gasteiger partial charge on any atom is -0.390 e. The Kier molecular flexibility index (Phi) is 6.95. The molecule has 16 nitrogen and oxygen atoms in total. The normalized spacial score (nSPS) is 27.1. The molecule has 1 saturated heterocycles. The van der Waals surface area contributed by atoms with Gasteiger partial charge in [-0.25, -0.2) is 23.8 Å². The molecule has 0 bridgehead atoms. The zero-order chi connectivity index (χ0) is 23.2. The summed E-state index contributed by atoms with van der Waals surface area (Å²) in [4.78, 5) is 45.9. The molecular formula is C11H17ClN5O11P3. The number of hydrogen-bond donors (Lipinski definition) is 6. The summed E-state index contributed by atoms with van der Waals surface area (Å²) >= 11 is 5.16. The summed E-state index contributed by atoms with van der Waals surface area (Å²) in [6, 6.07) is 0. The molecule has 0 amide bonds. The molecule has 0 spiro atoms. The highest BCUT2D eigenvalue weighted by Gasteiger charge is 2.49. The van der Waals surface area contributed by atoms with E-state index in [2.05, 4.69) is 23.8 Å². The lowest BCUT2D eigenvalue weighted by atomic mass is 10.2. The lowest BCUT2D eigenvalue weighted by Gasteiger charge is -2.22. The largest absolute Gasteiger partial charge is 0.479 e. The number of aromatic nitrogens is 4. The molecule has 1 aliphatic rings. The van der Waals surface area contributed by atoms with E-state index in [0.717, 1.165) is 0 Å². The van der Waals surface area contributed by atoms with Gasteiger partial charge in [-0.05, 0) is 0 Å². The molecule has 0 radical (unpaired) electrons. The predicted molar refractivity (Wildman–Crippen MR) is 103 cm³/mol. The fourth-order valence-corrected chi connectivity index (χ4v) is 6.92. The number of halogens is 1. The zero-order valence-corrected chi connectivity index (χ0v) is 18.6. The van der Waals surface area contributed by atoms with Crippen molar-refractivity contribution in [2.24, 2.45) is 0 Å². The minimum atomic E-state index is -5.46. The molecule has 6 atom stereocenters. The third-order valence-corrected chi connectivity index (χ3v) is 10.7. The fraction of sp³-hybridized carbons (Fsp3) is 0.545. The van der Waals surface area contributed by atoms with Crippen LogP contribution in [-0.2, 0) is 27.3 Å². The van der Waals surface area contributed by atoms with Gasteiger partial charge >= 0.3 is 23.0 Å². The lowest BCUT2D eigenvalue weighted by Crippen LogP contribution is -2.26. The highest BCUT2D eigenvalue weighted by Crippen LogP contribution is 2.71. The number of anilines is 1. The van der Waals surface area contributed by atoms with Gasteiger partial charge in [-0.1, -0.05) is 11.6 Å². The second kappa shape index (κ2) is 8.75. The average molecular weight is 524 g/mol. The standard InChI is InChI=1S/C11H17ClN5O11P3/c12-11(29(19,20)21)30(22,23)28-31(24,25)26-2-6-5(18)1-7(27-6)17-4-16-8-9(13)14-3-15-10(8)17/h3-7,11,18H,1-2H2,(H,22,23)(H,24,25)(H2,13,14,15)(H2,19,20,21)/t5-,6+,7+,11+/m0/s1. The average Bonchev–Trinajstić information content (AvgIpc) is 3.22. The van der Waals surface area contributed by atoms with Crippen molar-refractivity contribution in [3.05, 3.63) is 12.7 Å². The lowest BCUT2D eigenvalue weighted by molar-refractivity contribution is -0.0421. The second-order valence-corrected chi connectivity index (χ2v) is 13.0. The van der Waals surface area contributed by atoms with Crippen molar-refractivity contribution in [1.29, 1.82) is 0 Å². The van der Waals surface area contributed by atoms with E-state index >= 15 is 0 Å². The summed E-state index contributed by atoms with van der Waals surface area (Å²) in [6.45, 7) is -0.780. The summed E-state index contributed by atoms with van der Waals surface area (Å²) in [6.07, 6.45) is -0.638. The number of alkyl halides is 1. The summed E-state index contributed by atoms with van der Waals surface area (Å²) < 4.78 is 50.2. The highest BCUT2D eigenvalue weighted by molar-refractivity contribution is 7.77. The van der Waals surface area contributed by atoms with E-state index in [1.807, 2.05) is 0 Å². The Labute approximate surface area is 178 Å². The zero-order valence-electron chi connectivity index (χ0n) is 15.1. The Balaban J connectivity index is 1.65. The van der Waals surface area contributed by atoms with Crippen LogP contribution in [0.2, 0.25) is 0 Å². The number of nitrogen functional groups attached to an aromatic ring is 1. The van der Waals surface area contributed by atoms with E-state index in [-0.39, 0.29) is 12.2 Å². The quantitative estimate of drug-likeness (QED) is 0.198. The van der Waals surface area contributed by atoms with Crippen LogP contribution in [0.5, 0.6) is 0 Å². The van der Waals surface area contributed by atoms with Gasteiger partial charge in [0.1, 0.15) is 24.2 Å². The van der Waals surface area contributed by atoms with Crippen LogP contribution in [0.4, 0.5) is 5.82 Å². The van der Waals surface area contributed by atoms with Gasteiger partial charge in [0.05, 0.1) is 19.0 Å². The van der Waals surface area contributed by atoms with Crippen LogP contribution in [0.25, 0.3) is 11.2 Å². The number of rotatable bonds is 8. The maximum Gasteiger partial charge on any atom is 0.479 e. The topological polar surface area (TPSA) is 250 Å². The van der Waals surface area contributed by atoms with Crippen LogP contribution in [0.15, 0.2) is 12.7 Å². The van der Waals surface area contributed by atoms with Crippen LogP contribution in [0.1, 0.15) is 12.6 Å². The Hall–Kier alpha value is -0.990. The first kappa shape index (κ1) is 24.6. The number of aliphatic hydroxyl groups is 1. The van der Waals surface area contributed by atoms with Gasteiger partial charge in [0.2, 0.25) is 4.86 Å². The van der Waals surface area contributed by atoms with E-state index in [0.29, 0.717) is 11.2 Å². The first-order valence-electron chi connectivity index (χ1n) is 8.18. The number of ether oxygens (including phenoxy) is 1. The van der Waals surface area contributed by atoms with Gasteiger partial charge in [0.15, 0.2) is 11.5 Å². The van der Waals surface area contributed by atoms with E-state index < -0.39 is 52.9 Å². The molecule has 2 unspecified atom stereocenters. The molecule has 3 rings (SSSR count). The van der Waals surface area contributed by atoms with Crippen LogP contribution in [0, 0.1) is 0 Å². The van der Waals surface area contributed by atoms with Gasteiger partial charge in [-0.3, -0.25) is 18.2 Å². The first-order valence-corrected chi connectivity index (χ1v) is 13.4. The maximum atomic E-state index is 11.9. The number of hydrogen-bond acceptors (Lipinski definition) is 11.